The molecule has 1 rings (SSSR count). The molecule has 0 aliphatic heterocycles. The Hall–Kier alpha value is -0.940. The van der Waals surface area contributed by atoms with Gasteiger partial charge in [-0.2, -0.15) is 0 Å². The van der Waals surface area contributed by atoms with Gasteiger partial charge in [0.2, 0.25) is 0 Å². The topological polar surface area (TPSA) is 61.7 Å². The van der Waals surface area contributed by atoms with Crippen LogP contribution in [0, 0.1) is 5.41 Å². The highest BCUT2D eigenvalue weighted by atomic mass is 79.9. The Labute approximate surface area is 108 Å². The summed E-state index contributed by atoms with van der Waals surface area (Å²) in [5, 5.41) is 10.9. The standard InChI is InChI=1S/C10H12BrClN4/c1-2-15-9(11)7(4-13)3-8-5-14-6-16-10(8)12/h4-6,13,15H,2-3H2,1H3/b9-7-,13-4?. The maximum atomic E-state index is 7.35. The molecule has 0 unspecified atom stereocenters. The van der Waals surface area contributed by atoms with Gasteiger partial charge in [0.1, 0.15) is 11.5 Å². The summed E-state index contributed by atoms with van der Waals surface area (Å²) in [5.41, 5.74) is 1.61. The molecule has 0 saturated heterocycles. The molecule has 0 aliphatic rings. The summed E-state index contributed by atoms with van der Waals surface area (Å²) < 4.78 is 0.796. The van der Waals surface area contributed by atoms with Crippen LogP contribution in [-0.2, 0) is 6.42 Å². The van der Waals surface area contributed by atoms with Gasteiger partial charge in [0.05, 0.1) is 4.61 Å². The largest absolute Gasteiger partial charge is 0.379 e. The number of nitrogens with zero attached hydrogens (tertiary/aromatic N) is 2. The van der Waals surface area contributed by atoms with Gasteiger partial charge in [0, 0.05) is 36.5 Å². The lowest BCUT2D eigenvalue weighted by atomic mass is 10.1. The van der Waals surface area contributed by atoms with Gasteiger partial charge in [-0.25, -0.2) is 9.97 Å². The van der Waals surface area contributed by atoms with Gasteiger partial charge < -0.3 is 10.7 Å². The average molecular weight is 304 g/mol. The van der Waals surface area contributed by atoms with E-state index in [1.807, 2.05) is 6.92 Å². The van der Waals surface area contributed by atoms with Crippen molar-refractivity contribution in [1.29, 1.82) is 5.41 Å². The first kappa shape index (κ1) is 13.1. The van der Waals surface area contributed by atoms with Crippen LogP contribution in [-0.4, -0.2) is 22.7 Å². The van der Waals surface area contributed by atoms with E-state index in [1.165, 1.54) is 12.5 Å². The Morgan fingerprint density at radius 2 is 2.44 bits per heavy atom. The van der Waals surface area contributed by atoms with Crippen LogP contribution in [0.5, 0.6) is 0 Å². The van der Waals surface area contributed by atoms with Crippen LogP contribution >= 0.6 is 27.5 Å². The second-order valence-electron chi connectivity index (χ2n) is 3.03. The van der Waals surface area contributed by atoms with E-state index in [0.29, 0.717) is 11.6 Å². The molecular formula is C10H12BrClN4. The zero-order chi connectivity index (χ0) is 12.0. The van der Waals surface area contributed by atoms with Crippen molar-refractivity contribution in [2.24, 2.45) is 0 Å². The van der Waals surface area contributed by atoms with E-state index in [1.54, 1.807) is 6.20 Å². The fourth-order valence-electron chi connectivity index (χ4n) is 1.13. The van der Waals surface area contributed by atoms with Crippen molar-refractivity contribution in [2.75, 3.05) is 6.54 Å². The summed E-state index contributed by atoms with van der Waals surface area (Å²) in [6, 6.07) is 0. The molecule has 2 N–H and O–H groups in total. The van der Waals surface area contributed by atoms with Gasteiger partial charge in [0.15, 0.2) is 0 Å². The Bertz CT molecular complexity index is 406. The molecule has 0 fully saturated rings. The van der Waals surface area contributed by atoms with Crippen LogP contribution in [0.1, 0.15) is 12.5 Å². The predicted molar refractivity (Wildman–Crippen MR) is 69.2 cm³/mol. The maximum absolute atomic E-state index is 7.35. The molecule has 4 nitrogen and oxygen atoms in total. The second kappa shape index (κ2) is 6.60. The zero-order valence-corrected chi connectivity index (χ0v) is 11.1. The fourth-order valence-corrected chi connectivity index (χ4v) is 1.82. The molecule has 0 aromatic carbocycles. The zero-order valence-electron chi connectivity index (χ0n) is 8.80. The number of rotatable bonds is 5. The van der Waals surface area contributed by atoms with Crippen LogP contribution in [0.15, 0.2) is 22.7 Å². The summed E-state index contributed by atoms with van der Waals surface area (Å²) in [6.07, 6.45) is 4.87. The molecule has 0 saturated carbocycles. The highest BCUT2D eigenvalue weighted by Gasteiger charge is 2.06. The van der Waals surface area contributed by atoms with Gasteiger partial charge in [-0.3, -0.25) is 0 Å². The maximum Gasteiger partial charge on any atom is 0.135 e. The van der Waals surface area contributed by atoms with Crippen LogP contribution in [0.4, 0.5) is 0 Å². The minimum atomic E-state index is 0.422. The highest BCUT2D eigenvalue weighted by molar-refractivity contribution is 9.11. The molecule has 0 spiro atoms. The first-order valence-electron chi connectivity index (χ1n) is 4.76. The highest BCUT2D eigenvalue weighted by Crippen LogP contribution is 2.17. The van der Waals surface area contributed by atoms with Gasteiger partial charge in [0.25, 0.3) is 0 Å². The van der Waals surface area contributed by atoms with E-state index in [0.717, 1.165) is 22.3 Å². The molecule has 0 bridgehead atoms. The van der Waals surface area contributed by atoms with E-state index >= 15 is 0 Å². The van der Waals surface area contributed by atoms with Crippen molar-refractivity contribution in [1.82, 2.24) is 15.3 Å². The third-order valence-electron chi connectivity index (χ3n) is 1.90. The molecule has 1 heterocycles. The number of hydrogen-bond donors (Lipinski definition) is 2. The Morgan fingerprint density at radius 1 is 1.69 bits per heavy atom. The Kier molecular flexibility index (Phi) is 5.42. The molecule has 0 amide bonds. The minimum absolute atomic E-state index is 0.422. The first-order valence-corrected chi connectivity index (χ1v) is 5.93. The predicted octanol–water partition coefficient (Wildman–Crippen LogP) is 2.54. The van der Waals surface area contributed by atoms with Crippen molar-refractivity contribution in [3.8, 4) is 0 Å². The fraction of sp³-hybridized carbons (Fsp3) is 0.300. The van der Waals surface area contributed by atoms with Gasteiger partial charge >= 0.3 is 0 Å². The van der Waals surface area contributed by atoms with E-state index in [9.17, 15) is 0 Å². The molecule has 1 aromatic heterocycles. The number of aromatic nitrogens is 2. The quantitative estimate of drug-likeness (QED) is 0.499. The van der Waals surface area contributed by atoms with Crippen LogP contribution in [0.3, 0.4) is 0 Å². The van der Waals surface area contributed by atoms with Gasteiger partial charge in [-0.1, -0.05) is 11.6 Å². The van der Waals surface area contributed by atoms with Crippen molar-refractivity contribution in [3.05, 3.63) is 33.4 Å². The molecule has 0 radical (unpaired) electrons. The van der Waals surface area contributed by atoms with E-state index in [-0.39, 0.29) is 0 Å². The van der Waals surface area contributed by atoms with Crippen LogP contribution < -0.4 is 5.32 Å². The van der Waals surface area contributed by atoms with Crippen molar-refractivity contribution in [3.63, 3.8) is 0 Å². The molecule has 16 heavy (non-hydrogen) atoms. The minimum Gasteiger partial charge on any atom is -0.379 e. The number of halogens is 2. The van der Waals surface area contributed by atoms with E-state index < -0.39 is 0 Å². The number of allylic oxidation sites excluding steroid dienone is 1. The molecule has 1 aromatic rings. The molecular weight excluding hydrogens is 291 g/mol. The summed E-state index contributed by atoms with van der Waals surface area (Å²) in [4.78, 5) is 7.80. The van der Waals surface area contributed by atoms with Crippen molar-refractivity contribution >= 4 is 33.7 Å². The monoisotopic (exact) mass is 302 g/mol. The SMILES string of the molecule is CCN/C(Br)=C(\C=N)Cc1cncnc1Cl. The van der Waals surface area contributed by atoms with E-state index in [4.69, 9.17) is 17.0 Å². The lowest BCUT2D eigenvalue weighted by Crippen LogP contribution is -2.11. The normalized spacial score (nSPS) is 11.9. The Morgan fingerprint density at radius 3 is 3.00 bits per heavy atom. The van der Waals surface area contributed by atoms with Crippen molar-refractivity contribution in [2.45, 2.75) is 13.3 Å². The molecule has 0 aliphatic carbocycles. The third kappa shape index (κ3) is 3.57. The van der Waals surface area contributed by atoms with Gasteiger partial charge in [-0.15, -0.1) is 0 Å². The average Bonchev–Trinajstić information content (AvgIpc) is 2.28. The number of nitrogens with one attached hydrogen (secondary N) is 2. The van der Waals surface area contributed by atoms with Crippen molar-refractivity contribution < 1.29 is 0 Å². The molecule has 86 valence electrons. The summed E-state index contributed by atoms with van der Waals surface area (Å²) in [7, 11) is 0. The smallest absolute Gasteiger partial charge is 0.135 e. The molecule has 6 heteroatoms. The summed E-state index contributed by atoms with van der Waals surface area (Å²) in [6.45, 7) is 2.78. The van der Waals surface area contributed by atoms with E-state index in [2.05, 4.69) is 31.2 Å². The Balaban J connectivity index is 2.90. The third-order valence-corrected chi connectivity index (χ3v) is 3.03. The summed E-state index contributed by atoms with van der Waals surface area (Å²) >= 11 is 9.30. The van der Waals surface area contributed by atoms with Crippen LogP contribution in [0.25, 0.3) is 0 Å². The number of hydrogen-bond acceptors (Lipinski definition) is 4. The summed E-state index contributed by atoms with van der Waals surface area (Å²) in [5.74, 6) is 0. The first-order chi connectivity index (χ1) is 7.69. The second-order valence-corrected chi connectivity index (χ2v) is 4.18. The lowest BCUT2D eigenvalue weighted by Gasteiger charge is -2.08. The van der Waals surface area contributed by atoms with Gasteiger partial charge in [-0.05, 0) is 22.9 Å². The molecule has 0 atom stereocenters. The lowest BCUT2D eigenvalue weighted by molar-refractivity contribution is 0.895. The van der Waals surface area contributed by atoms with Crippen LogP contribution in [0.2, 0.25) is 5.15 Å².